The van der Waals surface area contributed by atoms with Crippen molar-refractivity contribution in [3.63, 3.8) is 0 Å². The maximum absolute atomic E-state index is 14.6. The van der Waals surface area contributed by atoms with Gasteiger partial charge in [-0.25, -0.2) is 0 Å². The lowest BCUT2D eigenvalue weighted by Crippen LogP contribution is -2.56. The SMILES string of the molecule is C=CCCCCOC(=O)[C@H]1[C@H]2C(=O)N(CCCO)C(C(=O)N(CC=C)c3c(C)cccc3C)C23CC[C@]1(CC)O3. The predicted molar refractivity (Wildman–Crippen MR) is 154 cm³/mol. The zero-order valence-electron chi connectivity index (χ0n) is 24.2. The number of amides is 2. The van der Waals surface area contributed by atoms with Gasteiger partial charge in [0.2, 0.25) is 5.91 Å². The molecule has 1 aromatic rings. The lowest BCUT2D eigenvalue weighted by Gasteiger charge is -2.37. The molecule has 3 fully saturated rings. The monoisotopic (exact) mass is 552 g/mol. The van der Waals surface area contributed by atoms with Gasteiger partial charge in [-0.05, 0) is 69.9 Å². The highest BCUT2D eigenvalue weighted by Gasteiger charge is 2.79. The summed E-state index contributed by atoms with van der Waals surface area (Å²) in [6.45, 7) is 14.1. The van der Waals surface area contributed by atoms with Crippen molar-refractivity contribution in [1.82, 2.24) is 4.90 Å². The highest BCUT2D eigenvalue weighted by atomic mass is 16.6. The molecule has 1 spiro atoms. The fourth-order valence-electron chi connectivity index (χ4n) is 7.29. The van der Waals surface area contributed by atoms with Gasteiger partial charge in [-0.1, -0.05) is 37.3 Å². The van der Waals surface area contributed by atoms with Crippen LogP contribution in [0.2, 0.25) is 0 Å². The van der Waals surface area contributed by atoms with Crippen molar-refractivity contribution in [3.05, 3.63) is 54.6 Å². The number of allylic oxidation sites excluding steroid dienone is 1. The number of aliphatic hydroxyl groups is 1. The van der Waals surface area contributed by atoms with E-state index >= 15 is 0 Å². The van der Waals surface area contributed by atoms with E-state index in [1.165, 1.54) is 0 Å². The molecule has 5 atom stereocenters. The molecule has 1 aromatic carbocycles. The van der Waals surface area contributed by atoms with Crippen LogP contribution in [0.4, 0.5) is 5.69 Å². The van der Waals surface area contributed by atoms with Crippen LogP contribution < -0.4 is 4.90 Å². The van der Waals surface area contributed by atoms with Gasteiger partial charge in [0.25, 0.3) is 5.91 Å². The summed E-state index contributed by atoms with van der Waals surface area (Å²) < 4.78 is 12.6. The molecule has 3 aliphatic rings. The van der Waals surface area contributed by atoms with Gasteiger partial charge in [-0.2, -0.15) is 0 Å². The molecular weight excluding hydrogens is 508 g/mol. The Morgan fingerprint density at radius 1 is 1.18 bits per heavy atom. The summed E-state index contributed by atoms with van der Waals surface area (Å²) in [6, 6.07) is 4.95. The number of fused-ring (bicyclic) bond motifs is 1. The third-order valence-corrected chi connectivity index (χ3v) is 9.06. The molecule has 4 rings (SSSR count). The number of aliphatic hydroxyl groups excluding tert-OH is 1. The normalized spacial score (nSPS) is 28.4. The summed E-state index contributed by atoms with van der Waals surface area (Å²) in [5, 5.41) is 9.63. The maximum atomic E-state index is 14.6. The standard InChI is InChI=1S/C32H44N2O6/c1-6-9-10-11-21-39-30(38)25-24-28(36)34(19-13-20-35)27(32(24)17-16-31(25,8-3)40-32)29(37)33(18-7-2)26-22(4)14-12-15-23(26)5/h6-7,12,14-15,24-25,27,35H,1-2,8-11,13,16-21H2,3-5H3/t24-,25+,27?,31-,32?/m0/s1. The zero-order chi connectivity index (χ0) is 29.1. The van der Waals surface area contributed by atoms with Gasteiger partial charge in [0.05, 0.1) is 18.1 Å². The van der Waals surface area contributed by atoms with Crippen molar-refractivity contribution in [3.8, 4) is 0 Å². The third kappa shape index (κ3) is 4.90. The molecule has 0 aromatic heterocycles. The van der Waals surface area contributed by atoms with Gasteiger partial charge < -0.3 is 24.4 Å². The average molecular weight is 553 g/mol. The van der Waals surface area contributed by atoms with Crippen molar-refractivity contribution in [2.75, 3.05) is 31.2 Å². The Hall–Kier alpha value is -2.97. The van der Waals surface area contributed by atoms with Gasteiger partial charge in [0.1, 0.15) is 17.6 Å². The third-order valence-electron chi connectivity index (χ3n) is 9.06. The molecule has 40 heavy (non-hydrogen) atoms. The largest absolute Gasteiger partial charge is 0.465 e. The molecule has 0 aliphatic carbocycles. The smallest absolute Gasteiger partial charge is 0.312 e. The Labute approximate surface area is 238 Å². The molecule has 3 aliphatic heterocycles. The van der Waals surface area contributed by atoms with Crippen molar-refractivity contribution in [2.45, 2.75) is 83.0 Å². The van der Waals surface area contributed by atoms with E-state index in [-0.39, 0.29) is 38.1 Å². The van der Waals surface area contributed by atoms with Crippen molar-refractivity contribution in [2.24, 2.45) is 11.8 Å². The first-order chi connectivity index (χ1) is 19.2. The number of carbonyl (C=O) groups is 3. The molecule has 0 radical (unpaired) electrons. The first-order valence-electron chi connectivity index (χ1n) is 14.6. The minimum atomic E-state index is -1.14. The van der Waals surface area contributed by atoms with Crippen LogP contribution in [0.1, 0.15) is 63.0 Å². The van der Waals surface area contributed by atoms with Crippen LogP contribution in [0.3, 0.4) is 0 Å². The van der Waals surface area contributed by atoms with Gasteiger partial charge in [0.15, 0.2) is 0 Å². The topological polar surface area (TPSA) is 96.4 Å². The van der Waals surface area contributed by atoms with Crippen LogP contribution in [-0.4, -0.2) is 71.3 Å². The van der Waals surface area contributed by atoms with Crippen LogP contribution in [-0.2, 0) is 23.9 Å². The second-order valence-electron chi connectivity index (χ2n) is 11.4. The highest BCUT2D eigenvalue weighted by molar-refractivity contribution is 6.05. The quantitative estimate of drug-likeness (QED) is 0.211. The lowest BCUT2D eigenvalue weighted by molar-refractivity contribution is -0.161. The number of likely N-dealkylation sites (tertiary alicyclic amines) is 1. The van der Waals surface area contributed by atoms with Crippen LogP contribution in [0.15, 0.2) is 43.5 Å². The molecule has 2 bridgehead atoms. The van der Waals surface area contributed by atoms with E-state index in [2.05, 4.69) is 13.2 Å². The number of para-hydroxylation sites is 1. The number of esters is 1. The highest BCUT2D eigenvalue weighted by Crippen LogP contribution is 2.64. The van der Waals surface area contributed by atoms with Gasteiger partial charge >= 0.3 is 5.97 Å². The number of benzene rings is 1. The molecule has 3 saturated heterocycles. The van der Waals surface area contributed by atoms with Gasteiger partial charge in [0, 0.05) is 25.4 Å². The van der Waals surface area contributed by atoms with E-state index in [0.717, 1.165) is 29.7 Å². The Kier molecular flexibility index (Phi) is 9.20. The van der Waals surface area contributed by atoms with Crippen molar-refractivity contribution >= 4 is 23.5 Å². The molecule has 2 unspecified atom stereocenters. The molecule has 8 heteroatoms. The number of unbranched alkanes of at least 4 members (excludes halogenated alkanes) is 2. The molecule has 218 valence electrons. The number of carbonyl (C=O) groups excluding carboxylic acids is 3. The van der Waals surface area contributed by atoms with Gasteiger partial charge in [-0.15, -0.1) is 13.2 Å². The minimum Gasteiger partial charge on any atom is -0.465 e. The maximum Gasteiger partial charge on any atom is 0.312 e. The number of hydrogen-bond donors (Lipinski definition) is 1. The molecule has 8 nitrogen and oxygen atoms in total. The van der Waals surface area contributed by atoms with E-state index in [9.17, 15) is 19.5 Å². The molecule has 3 heterocycles. The van der Waals surface area contributed by atoms with E-state index in [4.69, 9.17) is 9.47 Å². The summed E-state index contributed by atoms with van der Waals surface area (Å²) in [4.78, 5) is 45.7. The summed E-state index contributed by atoms with van der Waals surface area (Å²) in [5.41, 5.74) is 0.685. The Bertz CT molecular complexity index is 1130. The molecule has 1 N–H and O–H groups in total. The molecule has 0 saturated carbocycles. The van der Waals surface area contributed by atoms with Crippen LogP contribution in [0.5, 0.6) is 0 Å². The number of rotatable bonds is 14. The second kappa shape index (κ2) is 12.3. The summed E-state index contributed by atoms with van der Waals surface area (Å²) in [6.07, 6.45) is 7.88. The van der Waals surface area contributed by atoms with Crippen LogP contribution in [0.25, 0.3) is 0 Å². The predicted octanol–water partition coefficient (Wildman–Crippen LogP) is 4.26. The average Bonchev–Trinajstić information content (AvgIpc) is 3.54. The molecule has 2 amide bonds. The van der Waals surface area contributed by atoms with E-state index in [1.54, 1.807) is 15.9 Å². The molecular formula is C32H44N2O6. The lowest BCUT2D eigenvalue weighted by atomic mass is 9.65. The van der Waals surface area contributed by atoms with Crippen LogP contribution in [0, 0.1) is 25.7 Å². The van der Waals surface area contributed by atoms with E-state index < -0.39 is 35.0 Å². The second-order valence-corrected chi connectivity index (χ2v) is 11.4. The summed E-state index contributed by atoms with van der Waals surface area (Å²) in [5.74, 6) is -2.53. The van der Waals surface area contributed by atoms with E-state index in [0.29, 0.717) is 32.1 Å². The number of anilines is 1. The zero-order valence-corrected chi connectivity index (χ0v) is 24.2. The van der Waals surface area contributed by atoms with Crippen molar-refractivity contribution < 1.29 is 29.0 Å². The first-order valence-corrected chi connectivity index (χ1v) is 14.6. The van der Waals surface area contributed by atoms with E-state index in [1.807, 2.05) is 45.0 Å². The van der Waals surface area contributed by atoms with Gasteiger partial charge in [-0.3, -0.25) is 14.4 Å². The minimum absolute atomic E-state index is 0.119. The summed E-state index contributed by atoms with van der Waals surface area (Å²) >= 11 is 0. The Morgan fingerprint density at radius 3 is 2.52 bits per heavy atom. The fourth-order valence-corrected chi connectivity index (χ4v) is 7.29. The summed E-state index contributed by atoms with van der Waals surface area (Å²) in [7, 11) is 0. The van der Waals surface area contributed by atoms with Crippen LogP contribution >= 0.6 is 0 Å². The van der Waals surface area contributed by atoms with Crippen molar-refractivity contribution in [1.29, 1.82) is 0 Å². The fraction of sp³-hybridized carbons (Fsp3) is 0.594. The Balaban J connectivity index is 1.74. The number of hydrogen-bond acceptors (Lipinski definition) is 6. The number of ether oxygens (including phenoxy) is 2. The number of aryl methyl sites for hydroxylation is 2. The number of nitrogens with zero attached hydrogens (tertiary/aromatic N) is 2. The first kappa shape index (κ1) is 30.0. The Morgan fingerprint density at radius 2 is 1.90 bits per heavy atom.